The first-order chi connectivity index (χ1) is 7.31. The first kappa shape index (κ1) is 8.97. The summed E-state index contributed by atoms with van der Waals surface area (Å²) in [6, 6.07) is 2.34. The lowest BCUT2D eigenvalue weighted by molar-refractivity contribution is -0.127. The highest BCUT2D eigenvalue weighted by molar-refractivity contribution is 5.90. The third kappa shape index (κ3) is 1.21. The molecule has 1 aromatic rings. The predicted molar refractivity (Wildman–Crippen MR) is 54.1 cm³/mol. The number of nitrogens with one attached hydrogen (secondary N) is 1. The average molecular weight is 203 g/mol. The number of hydrogen-bond donors (Lipinski definition) is 1. The van der Waals surface area contributed by atoms with E-state index in [1.807, 2.05) is 6.07 Å². The summed E-state index contributed by atoms with van der Waals surface area (Å²) in [6.45, 7) is 0. The van der Waals surface area contributed by atoms with Crippen LogP contribution in [0.3, 0.4) is 0 Å². The minimum absolute atomic E-state index is 0.287. The van der Waals surface area contributed by atoms with Crippen LogP contribution in [0.15, 0.2) is 18.6 Å². The van der Waals surface area contributed by atoms with Gasteiger partial charge in [0.15, 0.2) is 5.78 Å². The van der Waals surface area contributed by atoms with Gasteiger partial charge in [-0.15, -0.1) is 0 Å². The van der Waals surface area contributed by atoms with Gasteiger partial charge >= 0.3 is 0 Å². The van der Waals surface area contributed by atoms with Crippen LogP contribution in [-0.2, 0) is 10.3 Å². The number of hydrogen-bond acceptors (Lipinski definition) is 4. The fourth-order valence-corrected chi connectivity index (χ4v) is 2.73. The van der Waals surface area contributed by atoms with Gasteiger partial charge in [-0.3, -0.25) is 10.1 Å². The molecule has 1 N–H and O–H groups in total. The Balaban J connectivity index is 2.06. The Morgan fingerprint density at radius 2 is 2.40 bits per heavy atom. The number of ketones is 1. The third-order valence-electron chi connectivity index (χ3n) is 3.53. The van der Waals surface area contributed by atoms with Crippen LogP contribution in [0, 0.1) is 0 Å². The minimum Gasteiger partial charge on any atom is -0.297 e. The van der Waals surface area contributed by atoms with Crippen molar-refractivity contribution in [3.63, 3.8) is 0 Å². The lowest BCUT2D eigenvalue weighted by Gasteiger charge is -2.32. The zero-order valence-electron chi connectivity index (χ0n) is 8.44. The fourth-order valence-electron chi connectivity index (χ4n) is 2.73. The molecule has 15 heavy (non-hydrogen) atoms. The molecule has 2 fully saturated rings. The van der Waals surface area contributed by atoms with Gasteiger partial charge in [0.25, 0.3) is 0 Å². The number of fused-ring (bicyclic) bond motifs is 2. The van der Waals surface area contributed by atoms with Crippen LogP contribution in [0.25, 0.3) is 0 Å². The van der Waals surface area contributed by atoms with Crippen LogP contribution in [0.4, 0.5) is 0 Å². The number of nitrogens with zero attached hydrogens (tertiary/aromatic N) is 2. The molecule has 2 aliphatic heterocycles. The van der Waals surface area contributed by atoms with Crippen LogP contribution in [0.5, 0.6) is 0 Å². The summed E-state index contributed by atoms with van der Waals surface area (Å²) in [5, 5.41) is 3.43. The van der Waals surface area contributed by atoms with Gasteiger partial charge in [-0.1, -0.05) is 0 Å². The van der Waals surface area contributed by atoms with Crippen molar-refractivity contribution in [2.45, 2.75) is 37.3 Å². The van der Waals surface area contributed by atoms with Gasteiger partial charge in [-0.2, -0.15) is 0 Å². The van der Waals surface area contributed by atoms with Gasteiger partial charge < -0.3 is 0 Å². The maximum Gasteiger partial charge on any atom is 0.159 e. The first-order valence-electron chi connectivity index (χ1n) is 5.39. The van der Waals surface area contributed by atoms with Gasteiger partial charge in [0.05, 0.1) is 5.69 Å². The largest absolute Gasteiger partial charge is 0.297 e. The van der Waals surface area contributed by atoms with Crippen molar-refractivity contribution < 1.29 is 4.79 Å². The summed E-state index contributed by atoms with van der Waals surface area (Å²) in [6.07, 6.45) is 6.84. The molecule has 2 bridgehead atoms. The first-order valence-corrected chi connectivity index (χ1v) is 5.39. The molecule has 2 unspecified atom stereocenters. The highest BCUT2D eigenvalue weighted by Gasteiger charge is 2.49. The van der Waals surface area contributed by atoms with E-state index < -0.39 is 5.54 Å². The molecule has 0 aliphatic carbocycles. The van der Waals surface area contributed by atoms with E-state index in [1.54, 1.807) is 6.20 Å². The molecule has 4 heteroatoms. The monoisotopic (exact) mass is 203 g/mol. The second-order valence-corrected chi connectivity index (χ2v) is 4.34. The lowest BCUT2D eigenvalue weighted by Crippen LogP contribution is -2.51. The van der Waals surface area contributed by atoms with Gasteiger partial charge in [-0.25, -0.2) is 9.97 Å². The van der Waals surface area contributed by atoms with Crippen LogP contribution >= 0.6 is 0 Å². The maximum atomic E-state index is 12.1. The number of rotatable bonds is 1. The Morgan fingerprint density at radius 1 is 1.47 bits per heavy atom. The minimum atomic E-state index is -0.494. The molecule has 1 aromatic heterocycles. The summed E-state index contributed by atoms with van der Waals surface area (Å²) in [4.78, 5) is 20.2. The van der Waals surface area contributed by atoms with E-state index >= 15 is 0 Å². The van der Waals surface area contributed by atoms with Crippen molar-refractivity contribution in [3.8, 4) is 0 Å². The molecular weight excluding hydrogens is 190 g/mol. The van der Waals surface area contributed by atoms with Crippen molar-refractivity contribution in [1.82, 2.24) is 15.3 Å². The summed E-state index contributed by atoms with van der Waals surface area (Å²) in [5.41, 5.74) is 0.343. The Labute approximate surface area is 88.1 Å². The van der Waals surface area contributed by atoms with E-state index in [4.69, 9.17) is 0 Å². The summed E-state index contributed by atoms with van der Waals surface area (Å²) >= 11 is 0. The number of Topliss-reactive ketones (excluding diaryl/α,β-unsaturated/α-hetero) is 1. The number of carbonyl (C=O) groups is 1. The molecule has 2 saturated heterocycles. The van der Waals surface area contributed by atoms with E-state index in [-0.39, 0.29) is 5.78 Å². The maximum absolute atomic E-state index is 12.1. The van der Waals surface area contributed by atoms with E-state index in [0.717, 1.165) is 25.0 Å². The van der Waals surface area contributed by atoms with Crippen LogP contribution in [-0.4, -0.2) is 21.8 Å². The van der Waals surface area contributed by atoms with Crippen LogP contribution < -0.4 is 5.32 Å². The number of carbonyl (C=O) groups excluding carboxylic acids is 1. The quantitative estimate of drug-likeness (QED) is 0.733. The Morgan fingerprint density at radius 3 is 3.20 bits per heavy atom. The molecule has 0 saturated carbocycles. The highest BCUT2D eigenvalue weighted by atomic mass is 16.1. The standard InChI is InChI=1S/C11H13N3O/c15-10-2-1-8-3-5-11(10,14-8)9-4-6-12-7-13-9/h4,6-8,14H,1-3,5H2. The second kappa shape index (κ2) is 3.10. The van der Waals surface area contributed by atoms with Crippen molar-refractivity contribution >= 4 is 5.78 Å². The molecule has 0 aromatic carbocycles. The average Bonchev–Trinajstić information content (AvgIpc) is 2.66. The summed E-state index contributed by atoms with van der Waals surface area (Å²) < 4.78 is 0. The van der Waals surface area contributed by atoms with Crippen molar-refractivity contribution in [1.29, 1.82) is 0 Å². The third-order valence-corrected chi connectivity index (χ3v) is 3.53. The van der Waals surface area contributed by atoms with Gasteiger partial charge in [-0.05, 0) is 25.3 Å². The van der Waals surface area contributed by atoms with Gasteiger partial charge in [0.2, 0.25) is 0 Å². The second-order valence-electron chi connectivity index (χ2n) is 4.34. The molecule has 3 heterocycles. The molecule has 0 radical (unpaired) electrons. The van der Waals surface area contributed by atoms with Crippen molar-refractivity contribution in [3.05, 3.63) is 24.3 Å². The lowest BCUT2D eigenvalue weighted by atomic mass is 9.85. The highest BCUT2D eigenvalue weighted by Crippen LogP contribution is 2.39. The van der Waals surface area contributed by atoms with Gasteiger partial charge in [0, 0.05) is 18.7 Å². The van der Waals surface area contributed by atoms with E-state index in [2.05, 4.69) is 15.3 Å². The molecular formula is C11H13N3O. The number of piperidine rings is 1. The van der Waals surface area contributed by atoms with Crippen LogP contribution in [0.1, 0.15) is 31.4 Å². The molecule has 2 aliphatic rings. The topological polar surface area (TPSA) is 54.9 Å². The van der Waals surface area contributed by atoms with Crippen molar-refractivity contribution in [2.24, 2.45) is 0 Å². The fraction of sp³-hybridized carbons (Fsp3) is 0.545. The zero-order chi connectivity index (χ0) is 10.3. The Bertz CT molecular complexity index is 392. The van der Waals surface area contributed by atoms with E-state index in [1.165, 1.54) is 6.33 Å². The predicted octanol–water partition coefficient (Wildman–Crippen LogP) is 0.787. The van der Waals surface area contributed by atoms with E-state index in [9.17, 15) is 4.79 Å². The smallest absolute Gasteiger partial charge is 0.159 e. The van der Waals surface area contributed by atoms with Gasteiger partial charge in [0.1, 0.15) is 11.9 Å². The SMILES string of the molecule is O=C1CCC2CCC1(c1ccncn1)N2. The normalized spacial score (nSPS) is 34.4. The molecule has 3 rings (SSSR count). The Kier molecular flexibility index (Phi) is 1.85. The summed E-state index contributed by atoms with van der Waals surface area (Å²) in [5.74, 6) is 0.287. The molecule has 2 atom stereocenters. The molecule has 4 nitrogen and oxygen atoms in total. The van der Waals surface area contributed by atoms with Crippen molar-refractivity contribution in [2.75, 3.05) is 0 Å². The molecule has 78 valence electrons. The molecule has 0 spiro atoms. The summed E-state index contributed by atoms with van der Waals surface area (Å²) in [7, 11) is 0. The zero-order valence-corrected chi connectivity index (χ0v) is 8.44. The van der Waals surface area contributed by atoms with Crippen LogP contribution in [0.2, 0.25) is 0 Å². The Hall–Kier alpha value is -1.29. The molecule has 0 amide bonds. The van der Waals surface area contributed by atoms with E-state index in [0.29, 0.717) is 12.5 Å². The number of aromatic nitrogens is 2.